The highest BCUT2D eigenvalue weighted by atomic mass is 15.3. The molecule has 1 N–H and O–H groups in total. The molecule has 0 aromatic carbocycles. The van der Waals surface area contributed by atoms with Crippen LogP contribution in [0.25, 0.3) is 0 Å². The van der Waals surface area contributed by atoms with Gasteiger partial charge in [0.05, 0.1) is 5.82 Å². The average Bonchev–Trinajstić information content (AvgIpc) is 2.07. The third-order valence-corrected chi connectivity index (χ3v) is 2.16. The number of hydrogen-bond acceptors (Lipinski definition) is 3. The summed E-state index contributed by atoms with van der Waals surface area (Å²) in [5, 5.41) is 3.35. The number of rotatable bonds is 2. The summed E-state index contributed by atoms with van der Waals surface area (Å²) in [6, 6.07) is 0. The van der Waals surface area contributed by atoms with Gasteiger partial charge in [-0.15, -0.1) is 0 Å². The van der Waals surface area contributed by atoms with Crippen molar-refractivity contribution in [2.24, 2.45) is 0 Å². The Labute approximate surface area is 75.0 Å². The monoisotopic (exact) mass is 169 g/mol. The second kappa shape index (κ2) is 4.36. The minimum Gasteiger partial charge on any atom is -0.365 e. The van der Waals surface area contributed by atoms with Crippen LogP contribution in [-0.2, 0) is 0 Å². The van der Waals surface area contributed by atoms with E-state index < -0.39 is 0 Å². The summed E-state index contributed by atoms with van der Waals surface area (Å²) >= 11 is 0. The minimum atomic E-state index is 1.10. The Balaban J connectivity index is 2.53. The van der Waals surface area contributed by atoms with Crippen molar-refractivity contribution in [2.45, 2.75) is 6.92 Å². The van der Waals surface area contributed by atoms with Crippen LogP contribution < -0.4 is 5.32 Å². The summed E-state index contributed by atoms with van der Waals surface area (Å²) < 4.78 is 0. The molecule has 0 radical (unpaired) electrons. The third kappa shape index (κ3) is 2.14. The second-order valence-electron chi connectivity index (χ2n) is 3.28. The number of hydrogen-bond donors (Lipinski definition) is 1. The van der Waals surface area contributed by atoms with Crippen molar-refractivity contribution < 1.29 is 0 Å². The van der Waals surface area contributed by atoms with E-state index in [0.29, 0.717) is 0 Å². The van der Waals surface area contributed by atoms with Gasteiger partial charge in [-0.25, -0.2) is 0 Å². The highest BCUT2D eigenvalue weighted by Crippen LogP contribution is 2.07. The van der Waals surface area contributed by atoms with E-state index in [9.17, 15) is 0 Å². The van der Waals surface area contributed by atoms with Crippen molar-refractivity contribution >= 4 is 0 Å². The molecule has 70 valence electrons. The summed E-state index contributed by atoms with van der Waals surface area (Å²) in [5.41, 5.74) is 0. The van der Waals surface area contributed by atoms with Gasteiger partial charge in [-0.05, 0) is 13.0 Å². The number of piperazine rings is 1. The molecule has 0 aromatic heterocycles. The molecule has 1 aliphatic heterocycles. The van der Waals surface area contributed by atoms with E-state index in [0.717, 1.165) is 26.2 Å². The molecule has 0 bridgehead atoms. The molecular weight excluding hydrogens is 150 g/mol. The average molecular weight is 169 g/mol. The van der Waals surface area contributed by atoms with Crippen LogP contribution >= 0.6 is 0 Å². The van der Waals surface area contributed by atoms with E-state index in [1.165, 1.54) is 5.82 Å². The molecule has 0 spiro atoms. The van der Waals surface area contributed by atoms with Crippen LogP contribution in [0, 0.1) is 0 Å². The van der Waals surface area contributed by atoms with Crippen LogP contribution in [0.15, 0.2) is 11.9 Å². The van der Waals surface area contributed by atoms with Crippen molar-refractivity contribution in [2.75, 3.05) is 40.3 Å². The Bertz CT molecular complexity index is 157. The predicted octanol–water partition coefficient (Wildman–Crippen LogP) is 0.315. The topological polar surface area (TPSA) is 18.5 Å². The number of nitrogens with one attached hydrogen (secondary N) is 1. The zero-order valence-corrected chi connectivity index (χ0v) is 8.30. The standard InChI is InChI=1S/C9H19N3/c1-4-9(11(2)3)12-7-5-10-6-8-12/h4,10H,5-8H2,1-3H3/b9-4+. The quantitative estimate of drug-likeness (QED) is 0.642. The fourth-order valence-corrected chi connectivity index (χ4v) is 1.62. The van der Waals surface area contributed by atoms with Crippen molar-refractivity contribution in [3.63, 3.8) is 0 Å². The van der Waals surface area contributed by atoms with Gasteiger partial charge in [0.1, 0.15) is 0 Å². The normalized spacial score (nSPS) is 19.6. The van der Waals surface area contributed by atoms with Gasteiger partial charge in [0.15, 0.2) is 0 Å². The molecule has 1 saturated heterocycles. The lowest BCUT2D eigenvalue weighted by Crippen LogP contribution is -2.45. The van der Waals surface area contributed by atoms with Gasteiger partial charge >= 0.3 is 0 Å². The van der Waals surface area contributed by atoms with Crippen LogP contribution in [0.2, 0.25) is 0 Å². The van der Waals surface area contributed by atoms with Crippen LogP contribution in [0.1, 0.15) is 6.92 Å². The summed E-state index contributed by atoms with van der Waals surface area (Å²) in [7, 11) is 4.19. The van der Waals surface area contributed by atoms with Crippen molar-refractivity contribution in [1.82, 2.24) is 15.1 Å². The third-order valence-electron chi connectivity index (χ3n) is 2.16. The van der Waals surface area contributed by atoms with Gasteiger partial charge < -0.3 is 15.1 Å². The van der Waals surface area contributed by atoms with E-state index >= 15 is 0 Å². The molecule has 0 aliphatic carbocycles. The van der Waals surface area contributed by atoms with E-state index in [1.54, 1.807) is 0 Å². The Kier molecular flexibility index (Phi) is 3.41. The zero-order chi connectivity index (χ0) is 8.97. The van der Waals surface area contributed by atoms with E-state index in [-0.39, 0.29) is 0 Å². The zero-order valence-electron chi connectivity index (χ0n) is 8.30. The Morgan fingerprint density at radius 2 is 1.92 bits per heavy atom. The molecule has 0 unspecified atom stereocenters. The smallest absolute Gasteiger partial charge is 0.0990 e. The molecule has 1 heterocycles. The van der Waals surface area contributed by atoms with Crippen LogP contribution in [0.4, 0.5) is 0 Å². The summed E-state index contributed by atoms with van der Waals surface area (Å²) in [6.45, 7) is 6.55. The molecule has 0 atom stereocenters. The molecule has 0 amide bonds. The number of nitrogens with zero attached hydrogens (tertiary/aromatic N) is 2. The van der Waals surface area contributed by atoms with Gasteiger partial charge in [-0.3, -0.25) is 0 Å². The Morgan fingerprint density at radius 1 is 1.33 bits per heavy atom. The lowest BCUT2D eigenvalue weighted by molar-refractivity contribution is 0.231. The van der Waals surface area contributed by atoms with Gasteiger partial charge in [0.25, 0.3) is 0 Å². The first kappa shape index (κ1) is 9.39. The molecule has 1 fully saturated rings. The highest BCUT2D eigenvalue weighted by Gasteiger charge is 2.12. The molecule has 3 nitrogen and oxygen atoms in total. The van der Waals surface area contributed by atoms with Crippen molar-refractivity contribution in [3.05, 3.63) is 11.9 Å². The molecule has 3 heteroatoms. The SMILES string of the molecule is C/C=C(\N(C)C)N1CCNCC1. The second-order valence-corrected chi connectivity index (χ2v) is 3.28. The maximum Gasteiger partial charge on any atom is 0.0990 e. The van der Waals surface area contributed by atoms with Crippen molar-refractivity contribution in [3.8, 4) is 0 Å². The van der Waals surface area contributed by atoms with E-state index in [1.807, 2.05) is 0 Å². The maximum absolute atomic E-state index is 3.35. The fraction of sp³-hybridized carbons (Fsp3) is 0.778. The molecular formula is C9H19N3. The largest absolute Gasteiger partial charge is 0.365 e. The van der Waals surface area contributed by atoms with Crippen LogP contribution in [-0.4, -0.2) is 50.1 Å². The van der Waals surface area contributed by atoms with Crippen LogP contribution in [0.3, 0.4) is 0 Å². The fourth-order valence-electron chi connectivity index (χ4n) is 1.62. The summed E-state index contributed by atoms with van der Waals surface area (Å²) in [6.07, 6.45) is 2.17. The van der Waals surface area contributed by atoms with Gasteiger partial charge in [0, 0.05) is 40.3 Å². The van der Waals surface area contributed by atoms with Gasteiger partial charge in [0.2, 0.25) is 0 Å². The molecule has 12 heavy (non-hydrogen) atoms. The van der Waals surface area contributed by atoms with E-state index in [2.05, 4.69) is 42.2 Å². The lowest BCUT2D eigenvalue weighted by atomic mass is 10.3. The maximum atomic E-state index is 3.35. The van der Waals surface area contributed by atoms with Crippen molar-refractivity contribution in [1.29, 1.82) is 0 Å². The predicted molar refractivity (Wildman–Crippen MR) is 51.9 cm³/mol. The molecule has 1 aliphatic rings. The molecule has 0 saturated carbocycles. The van der Waals surface area contributed by atoms with E-state index in [4.69, 9.17) is 0 Å². The number of allylic oxidation sites excluding steroid dienone is 1. The lowest BCUT2D eigenvalue weighted by Gasteiger charge is -2.34. The Hall–Kier alpha value is -0.700. The molecule has 1 rings (SSSR count). The highest BCUT2D eigenvalue weighted by molar-refractivity contribution is 4.98. The van der Waals surface area contributed by atoms with Gasteiger partial charge in [-0.2, -0.15) is 0 Å². The first-order chi connectivity index (χ1) is 5.75. The first-order valence-electron chi connectivity index (χ1n) is 4.55. The van der Waals surface area contributed by atoms with Crippen LogP contribution in [0.5, 0.6) is 0 Å². The Morgan fingerprint density at radius 3 is 2.33 bits per heavy atom. The first-order valence-corrected chi connectivity index (χ1v) is 4.55. The summed E-state index contributed by atoms with van der Waals surface area (Å²) in [4.78, 5) is 4.59. The summed E-state index contributed by atoms with van der Waals surface area (Å²) in [5.74, 6) is 1.33. The van der Waals surface area contributed by atoms with Gasteiger partial charge in [-0.1, -0.05) is 0 Å². The minimum absolute atomic E-state index is 1.10. The molecule has 0 aromatic rings.